The van der Waals surface area contributed by atoms with Crippen LogP contribution < -0.4 is 21.3 Å². The van der Waals surface area contributed by atoms with Gasteiger partial charge in [-0.25, -0.2) is 14.6 Å². The molecule has 0 saturated carbocycles. The first-order valence-electron chi connectivity index (χ1n) is 5.11. The van der Waals surface area contributed by atoms with Gasteiger partial charge in [-0.2, -0.15) is 15.0 Å². The standard InChI is InChI=1S/C10H10F2N6O/c1-19-10-16-8(15-9(17-10)18-13)14-7-4-5(11)2-3-6(7)12/h2-4H,13H2,1H3,(H2,14,15,16,17,18). The van der Waals surface area contributed by atoms with E-state index in [1.54, 1.807) is 0 Å². The van der Waals surface area contributed by atoms with E-state index in [0.29, 0.717) is 0 Å². The van der Waals surface area contributed by atoms with Crippen molar-refractivity contribution in [3.8, 4) is 6.01 Å². The normalized spacial score (nSPS) is 10.1. The molecule has 1 aromatic carbocycles. The molecule has 0 fully saturated rings. The Hall–Kier alpha value is -2.55. The van der Waals surface area contributed by atoms with Crippen molar-refractivity contribution in [2.75, 3.05) is 17.9 Å². The number of ether oxygens (including phenoxy) is 1. The van der Waals surface area contributed by atoms with E-state index in [1.807, 2.05) is 0 Å². The molecule has 100 valence electrons. The summed E-state index contributed by atoms with van der Waals surface area (Å²) in [5, 5.41) is 2.51. The van der Waals surface area contributed by atoms with Crippen LogP contribution in [0, 0.1) is 11.6 Å². The molecule has 1 aromatic heterocycles. The van der Waals surface area contributed by atoms with Crippen LogP contribution in [0.15, 0.2) is 18.2 Å². The van der Waals surface area contributed by atoms with E-state index in [0.717, 1.165) is 18.2 Å². The third-order valence-electron chi connectivity index (χ3n) is 2.10. The summed E-state index contributed by atoms with van der Waals surface area (Å²) in [7, 11) is 1.35. The zero-order valence-electron chi connectivity index (χ0n) is 9.82. The van der Waals surface area contributed by atoms with Gasteiger partial charge in [-0.15, -0.1) is 0 Å². The largest absolute Gasteiger partial charge is 0.467 e. The van der Waals surface area contributed by atoms with Crippen LogP contribution in [-0.2, 0) is 0 Å². The van der Waals surface area contributed by atoms with Crippen LogP contribution in [0.5, 0.6) is 6.01 Å². The van der Waals surface area contributed by atoms with Gasteiger partial charge >= 0.3 is 6.01 Å². The van der Waals surface area contributed by atoms with Gasteiger partial charge in [0.2, 0.25) is 11.9 Å². The van der Waals surface area contributed by atoms with Crippen molar-refractivity contribution in [2.24, 2.45) is 5.84 Å². The van der Waals surface area contributed by atoms with E-state index in [-0.39, 0.29) is 23.6 Å². The average molecular weight is 268 g/mol. The maximum atomic E-state index is 13.4. The predicted molar refractivity (Wildman–Crippen MR) is 63.8 cm³/mol. The lowest BCUT2D eigenvalue weighted by atomic mass is 10.3. The highest BCUT2D eigenvalue weighted by atomic mass is 19.1. The molecule has 0 aliphatic heterocycles. The Morgan fingerprint density at radius 1 is 1.16 bits per heavy atom. The number of benzene rings is 1. The molecule has 0 aliphatic rings. The summed E-state index contributed by atoms with van der Waals surface area (Å²) in [4.78, 5) is 11.4. The molecule has 1 heterocycles. The molecule has 4 N–H and O–H groups in total. The Balaban J connectivity index is 2.34. The van der Waals surface area contributed by atoms with Crippen molar-refractivity contribution >= 4 is 17.6 Å². The molecule has 0 saturated heterocycles. The maximum Gasteiger partial charge on any atom is 0.322 e. The quantitative estimate of drug-likeness (QED) is 0.566. The Morgan fingerprint density at radius 3 is 2.58 bits per heavy atom. The summed E-state index contributed by atoms with van der Waals surface area (Å²) >= 11 is 0. The van der Waals surface area contributed by atoms with Gasteiger partial charge in [0.05, 0.1) is 12.8 Å². The fourth-order valence-corrected chi connectivity index (χ4v) is 1.28. The molecule has 0 unspecified atom stereocenters. The first-order valence-corrected chi connectivity index (χ1v) is 5.11. The minimum atomic E-state index is -0.650. The molecule has 0 amide bonds. The van der Waals surface area contributed by atoms with Crippen molar-refractivity contribution in [1.82, 2.24) is 15.0 Å². The highest BCUT2D eigenvalue weighted by molar-refractivity contribution is 5.55. The molecule has 2 aromatic rings. The molecular formula is C10H10F2N6O. The molecule has 2 rings (SSSR count). The summed E-state index contributed by atoms with van der Waals surface area (Å²) in [6.45, 7) is 0. The van der Waals surface area contributed by atoms with Crippen LogP contribution in [0.2, 0.25) is 0 Å². The molecule has 19 heavy (non-hydrogen) atoms. The summed E-state index contributed by atoms with van der Waals surface area (Å²) in [5.74, 6) is 3.91. The number of nitrogen functional groups attached to an aromatic ring is 1. The van der Waals surface area contributed by atoms with Crippen LogP contribution in [0.25, 0.3) is 0 Å². The van der Waals surface area contributed by atoms with Crippen LogP contribution >= 0.6 is 0 Å². The Morgan fingerprint density at radius 2 is 1.89 bits per heavy atom. The molecule has 7 nitrogen and oxygen atoms in total. The van der Waals surface area contributed by atoms with Crippen LogP contribution in [0.1, 0.15) is 0 Å². The van der Waals surface area contributed by atoms with Gasteiger partial charge in [-0.05, 0) is 12.1 Å². The van der Waals surface area contributed by atoms with Crippen LogP contribution in [0.4, 0.5) is 26.4 Å². The number of nitrogens with one attached hydrogen (secondary N) is 2. The molecular weight excluding hydrogens is 258 g/mol. The third-order valence-corrected chi connectivity index (χ3v) is 2.10. The van der Waals surface area contributed by atoms with E-state index < -0.39 is 11.6 Å². The second kappa shape index (κ2) is 5.40. The Labute approximate surface area is 106 Å². The average Bonchev–Trinajstić information content (AvgIpc) is 2.42. The minimum absolute atomic E-state index is 0.0196. The maximum absolute atomic E-state index is 13.4. The lowest BCUT2D eigenvalue weighted by Crippen LogP contribution is -2.13. The number of nitrogens with zero attached hydrogens (tertiary/aromatic N) is 3. The second-order valence-corrected chi connectivity index (χ2v) is 3.36. The minimum Gasteiger partial charge on any atom is -0.467 e. The molecule has 0 radical (unpaired) electrons. The monoisotopic (exact) mass is 268 g/mol. The first-order chi connectivity index (χ1) is 9.12. The first kappa shape index (κ1) is 12.9. The predicted octanol–water partition coefficient (Wildman–Crippen LogP) is 1.19. The van der Waals surface area contributed by atoms with Crippen molar-refractivity contribution in [3.05, 3.63) is 29.8 Å². The van der Waals surface area contributed by atoms with Crippen LogP contribution in [0.3, 0.4) is 0 Å². The van der Waals surface area contributed by atoms with Gasteiger partial charge in [-0.3, -0.25) is 5.43 Å². The van der Waals surface area contributed by atoms with E-state index in [4.69, 9.17) is 10.6 Å². The van der Waals surface area contributed by atoms with E-state index >= 15 is 0 Å². The number of rotatable bonds is 4. The summed E-state index contributed by atoms with van der Waals surface area (Å²) in [5.41, 5.74) is 2.09. The summed E-state index contributed by atoms with van der Waals surface area (Å²) < 4.78 is 31.3. The Kier molecular flexibility index (Phi) is 3.66. The smallest absolute Gasteiger partial charge is 0.322 e. The topological polar surface area (TPSA) is 98.0 Å². The fraction of sp³-hybridized carbons (Fsp3) is 0.100. The number of hydrogen-bond donors (Lipinski definition) is 3. The van der Waals surface area contributed by atoms with Gasteiger partial charge in [0.15, 0.2) is 0 Å². The third kappa shape index (κ3) is 3.01. The van der Waals surface area contributed by atoms with E-state index in [2.05, 4.69) is 25.7 Å². The van der Waals surface area contributed by atoms with Gasteiger partial charge in [0.1, 0.15) is 11.6 Å². The molecule has 0 atom stereocenters. The number of hydrogen-bond acceptors (Lipinski definition) is 7. The number of methoxy groups -OCH3 is 1. The van der Waals surface area contributed by atoms with E-state index in [1.165, 1.54) is 7.11 Å². The highest BCUT2D eigenvalue weighted by Gasteiger charge is 2.09. The van der Waals surface area contributed by atoms with E-state index in [9.17, 15) is 8.78 Å². The highest BCUT2D eigenvalue weighted by Crippen LogP contribution is 2.20. The lowest BCUT2D eigenvalue weighted by Gasteiger charge is -2.08. The molecule has 0 bridgehead atoms. The molecule has 0 spiro atoms. The fourth-order valence-electron chi connectivity index (χ4n) is 1.28. The van der Waals surface area contributed by atoms with Crippen LogP contribution in [-0.4, -0.2) is 22.1 Å². The number of aromatic nitrogens is 3. The number of anilines is 3. The van der Waals surface area contributed by atoms with Crippen molar-refractivity contribution in [3.63, 3.8) is 0 Å². The van der Waals surface area contributed by atoms with Gasteiger partial charge in [0, 0.05) is 6.07 Å². The van der Waals surface area contributed by atoms with Gasteiger partial charge in [0.25, 0.3) is 0 Å². The zero-order chi connectivity index (χ0) is 13.8. The number of halogens is 2. The zero-order valence-corrected chi connectivity index (χ0v) is 9.82. The molecule has 0 aliphatic carbocycles. The van der Waals surface area contributed by atoms with Crippen molar-refractivity contribution in [2.45, 2.75) is 0 Å². The van der Waals surface area contributed by atoms with Crippen molar-refractivity contribution in [1.29, 1.82) is 0 Å². The second-order valence-electron chi connectivity index (χ2n) is 3.36. The molecule has 9 heteroatoms. The van der Waals surface area contributed by atoms with Gasteiger partial charge < -0.3 is 10.1 Å². The van der Waals surface area contributed by atoms with Crippen molar-refractivity contribution < 1.29 is 13.5 Å². The Bertz CT molecular complexity index is 572. The van der Waals surface area contributed by atoms with Gasteiger partial charge in [-0.1, -0.05) is 0 Å². The lowest BCUT2D eigenvalue weighted by molar-refractivity contribution is 0.379. The number of hydrazine groups is 1. The number of nitrogens with two attached hydrogens (primary N) is 1. The SMILES string of the molecule is COc1nc(NN)nc(Nc2cc(F)ccc2F)n1. The summed E-state index contributed by atoms with van der Waals surface area (Å²) in [6, 6.07) is 2.93. The summed E-state index contributed by atoms with van der Waals surface area (Å²) in [6.07, 6.45) is 0.